The van der Waals surface area contributed by atoms with Crippen molar-refractivity contribution >= 4 is 8.80 Å². The van der Waals surface area contributed by atoms with E-state index in [-0.39, 0.29) is 5.60 Å². The first-order valence-electron chi connectivity index (χ1n) is 6.40. The van der Waals surface area contributed by atoms with Gasteiger partial charge in [-0.05, 0) is 27.2 Å². The average Bonchev–Trinajstić information content (AvgIpc) is 3.09. The molecule has 1 heterocycles. The first kappa shape index (κ1) is 16.1. The molecule has 0 aromatic carbocycles. The highest BCUT2D eigenvalue weighted by molar-refractivity contribution is 6.60. The molecular formula is C12H26O5Si. The third kappa shape index (κ3) is 6.26. The molecule has 1 atom stereocenters. The van der Waals surface area contributed by atoms with Gasteiger partial charge in [0.2, 0.25) is 0 Å². The van der Waals surface area contributed by atoms with Crippen molar-refractivity contribution in [2.24, 2.45) is 0 Å². The molecule has 0 spiro atoms. The van der Waals surface area contributed by atoms with Crippen molar-refractivity contribution in [3.05, 3.63) is 0 Å². The Morgan fingerprint density at radius 1 is 1.22 bits per heavy atom. The summed E-state index contributed by atoms with van der Waals surface area (Å²) in [6.45, 7) is 8.24. The second kappa shape index (κ2) is 6.98. The van der Waals surface area contributed by atoms with Crippen LogP contribution in [-0.2, 0) is 22.8 Å². The van der Waals surface area contributed by atoms with Gasteiger partial charge >= 0.3 is 8.80 Å². The van der Waals surface area contributed by atoms with Crippen molar-refractivity contribution < 1.29 is 22.8 Å². The molecule has 0 bridgehead atoms. The average molecular weight is 278 g/mol. The van der Waals surface area contributed by atoms with E-state index >= 15 is 0 Å². The zero-order chi connectivity index (χ0) is 13.6. The first-order chi connectivity index (χ1) is 8.41. The molecule has 6 heteroatoms. The predicted octanol–water partition coefficient (Wildman–Crippen LogP) is 1.84. The van der Waals surface area contributed by atoms with E-state index < -0.39 is 8.80 Å². The summed E-state index contributed by atoms with van der Waals surface area (Å²) in [5.74, 6) is 0. The van der Waals surface area contributed by atoms with Crippen LogP contribution in [0.4, 0.5) is 0 Å². The molecular weight excluding hydrogens is 252 g/mol. The van der Waals surface area contributed by atoms with Gasteiger partial charge in [0.15, 0.2) is 0 Å². The Kier molecular flexibility index (Phi) is 6.23. The lowest BCUT2D eigenvalue weighted by Gasteiger charge is -2.33. The lowest BCUT2D eigenvalue weighted by atomic mass is 10.2. The van der Waals surface area contributed by atoms with E-state index in [4.69, 9.17) is 22.8 Å². The number of rotatable bonds is 9. The van der Waals surface area contributed by atoms with Gasteiger partial charge in [0.1, 0.15) is 6.10 Å². The molecule has 0 radical (unpaired) electrons. The molecule has 0 aliphatic carbocycles. The van der Waals surface area contributed by atoms with E-state index in [0.29, 0.717) is 19.3 Å². The summed E-state index contributed by atoms with van der Waals surface area (Å²) >= 11 is 0. The largest absolute Gasteiger partial charge is 0.500 e. The molecule has 0 N–H and O–H groups in total. The summed E-state index contributed by atoms with van der Waals surface area (Å²) in [6.07, 6.45) is 1.19. The summed E-state index contributed by atoms with van der Waals surface area (Å²) < 4.78 is 27.6. The van der Waals surface area contributed by atoms with Crippen LogP contribution in [0, 0.1) is 0 Å². The summed E-state index contributed by atoms with van der Waals surface area (Å²) in [4.78, 5) is 0. The Morgan fingerprint density at radius 2 is 1.83 bits per heavy atom. The maximum absolute atomic E-state index is 5.98. The highest BCUT2D eigenvalue weighted by Gasteiger charge is 2.42. The van der Waals surface area contributed by atoms with Crippen molar-refractivity contribution in [2.75, 3.05) is 34.0 Å². The molecule has 1 aliphatic rings. The third-order valence-corrected chi connectivity index (χ3v) is 5.69. The minimum atomic E-state index is -2.55. The van der Waals surface area contributed by atoms with Gasteiger partial charge in [0.25, 0.3) is 0 Å². The van der Waals surface area contributed by atoms with Crippen molar-refractivity contribution in [1.29, 1.82) is 0 Å². The van der Waals surface area contributed by atoms with E-state index in [2.05, 4.69) is 0 Å². The fourth-order valence-corrected chi connectivity index (χ4v) is 4.01. The van der Waals surface area contributed by atoms with Gasteiger partial charge in [-0.25, -0.2) is 0 Å². The Balaban J connectivity index is 2.26. The van der Waals surface area contributed by atoms with Crippen molar-refractivity contribution in [1.82, 2.24) is 0 Å². The van der Waals surface area contributed by atoms with Crippen LogP contribution in [0.3, 0.4) is 0 Å². The Hall–Kier alpha value is 0.0169. The molecule has 108 valence electrons. The van der Waals surface area contributed by atoms with Crippen molar-refractivity contribution in [2.45, 2.75) is 44.9 Å². The molecule has 1 rings (SSSR count). The molecule has 1 fully saturated rings. The summed E-state index contributed by atoms with van der Waals surface area (Å²) in [7, 11) is 0.755. The van der Waals surface area contributed by atoms with Crippen LogP contribution in [0.2, 0.25) is 6.04 Å². The minimum Gasteiger partial charge on any atom is -0.379 e. The summed E-state index contributed by atoms with van der Waals surface area (Å²) in [6, 6.07) is 0.767. The number of hydrogen-bond acceptors (Lipinski definition) is 5. The van der Waals surface area contributed by atoms with Crippen LogP contribution >= 0.6 is 0 Å². The maximum Gasteiger partial charge on any atom is 0.500 e. The second-order valence-electron chi connectivity index (χ2n) is 5.44. The molecule has 1 aliphatic heterocycles. The molecule has 1 unspecified atom stereocenters. The molecule has 0 amide bonds. The maximum atomic E-state index is 5.98. The highest BCUT2D eigenvalue weighted by atomic mass is 28.4. The van der Waals surface area contributed by atoms with Gasteiger partial charge in [-0.2, -0.15) is 0 Å². The number of hydrogen-bond donors (Lipinski definition) is 0. The van der Waals surface area contributed by atoms with Gasteiger partial charge in [0, 0.05) is 26.9 Å². The number of ether oxygens (including phenoxy) is 2. The lowest BCUT2D eigenvalue weighted by molar-refractivity contribution is 0.0142. The Labute approximate surface area is 111 Å². The number of epoxide rings is 1. The smallest absolute Gasteiger partial charge is 0.379 e. The van der Waals surface area contributed by atoms with Crippen LogP contribution in [0.15, 0.2) is 0 Å². The quantitative estimate of drug-likeness (QED) is 0.366. The van der Waals surface area contributed by atoms with Crippen LogP contribution in [0.25, 0.3) is 0 Å². The minimum absolute atomic E-state index is 0.263. The SMILES string of the molecule is CO[Si](CCCOCC1CO1)(OC)OC(C)(C)C. The fraction of sp³-hybridized carbons (Fsp3) is 1.00. The highest BCUT2D eigenvalue weighted by Crippen LogP contribution is 2.23. The van der Waals surface area contributed by atoms with E-state index in [1.807, 2.05) is 20.8 Å². The van der Waals surface area contributed by atoms with Crippen LogP contribution < -0.4 is 0 Å². The molecule has 0 saturated carbocycles. The van der Waals surface area contributed by atoms with Gasteiger partial charge in [0.05, 0.1) is 18.8 Å². The van der Waals surface area contributed by atoms with Crippen LogP contribution in [-0.4, -0.2) is 54.5 Å². The summed E-state index contributed by atoms with van der Waals surface area (Å²) in [5, 5.41) is 0. The van der Waals surface area contributed by atoms with Gasteiger partial charge in [-0.1, -0.05) is 0 Å². The van der Waals surface area contributed by atoms with Gasteiger partial charge in [-0.15, -0.1) is 0 Å². The predicted molar refractivity (Wildman–Crippen MR) is 70.6 cm³/mol. The standard InChI is InChI=1S/C12H26O5Si/c1-12(2,3)17-18(13-4,14-5)8-6-7-15-9-11-10-16-11/h11H,6-10H2,1-5H3. The van der Waals surface area contributed by atoms with E-state index in [1.165, 1.54) is 0 Å². The summed E-state index contributed by atoms with van der Waals surface area (Å²) in [5.41, 5.74) is -0.263. The van der Waals surface area contributed by atoms with Crippen LogP contribution in [0.5, 0.6) is 0 Å². The zero-order valence-electron chi connectivity index (χ0n) is 12.2. The normalized spacial score (nSPS) is 20.2. The lowest BCUT2D eigenvalue weighted by Crippen LogP contribution is -2.49. The van der Waals surface area contributed by atoms with E-state index in [0.717, 1.165) is 19.1 Å². The van der Waals surface area contributed by atoms with E-state index in [9.17, 15) is 0 Å². The van der Waals surface area contributed by atoms with Gasteiger partial charge in [-0.3, -0.25) is 0 Å². The van der Waals surface area contributed by atoms with Crippen LogP contribution in [0.1, 0.15) is 27.2 Å². The third-order valence-electron chi connectivity index (χ3n) is 2.56. The molecule has 0 aromatic heterocycles. The molecule has 1 saturated heterocycles. The Morgan fingerprint density at radius 3 is 2.28 bits per heavy atom. The monoisotopic (exact) mass is 278 g/mol. The topological polar surface area (TPSA) is 49.5 Å². The van der Waals surface area contributed by atoms with E-state index in [1.54, 1.807) is 14.2 Å². The van der Waals surface area contributed by atoms with Gasteiger partial charge < -0.3 is 22.8 Å². The second-order valence-corrected chi connectivity index (χ2v) is 8.33. The fourth-order valence-electron chi connectivity index (χ4n) is 1.66. The van der Waals surface area contributed by atoms with Crippen molar-refractivity contribution in [3.63, 3.8) is 0 Å². The molecule has 18 heavy (non-hydrogen) atoms. The Bertz CT molecular complexity index is 233. The first-order valence-corrected chi connectivity index (χ1v) is 8.34. The molecule has 0 aromatic rings. The van der Waals surface area contributed by atoms with Crippen molar-refractivity contribution in [3.8, 4) is 0 Å². The zero-order valence-corrected chi connectivity index (χ0v) is 13.2. The molecule has 5 nitrogen and oxygen atoms in total.